The van der Waals surface area contributed by atoms with Crippen LogP contribution in [0, 0.1) is 5.82 Å². The summed E-state index contributed by atoms with van der Waals surface area (Å²) >= 11 is 0. The van der Waals surface area contributed by atoms with Gasteiger partial charge in [-0.2, -0.15) is 0 Å². The van der Waals surface area contributed by atoms with Crippen molar-refractivity contribution in [1.29, 1.82) is 0 Å². The van der Waals surface area contributed by atoms with E-state index in [-0.39, 0.29) is 23.2 Å². The van der Waals surface area contributed by atoms with Crippen LogP contribution in [0.3, 0.4) is 0 Å². The largest absolute Gasteiger partial charge is 0.338 e. The summed E-state index contributed by atoms with van der Waals surface area (Å²) in [5, 5.41) is 0. The normalized spacial score (nSPS) is 16.5. The van der Waals surface area contributed by atoms with Gasteiger partial charge in [0, 0.05) is 24.7 Å². The summed E-state index contributed by atoms with van der Waals surface area (Å²) in [6.45, 7) is 0.928. The summed E-state index contributed by atoms with van der Waals surface area (Å²) in [5.41, 5.74) is 1.89. The average Bonchev–Trinajstić information content (AvgIpc) is 3.18. The number of H-pyrrole nitrogens is 1. The molecule has 1 unspecified atom stereocenters. The molecular formula is C22H19FN2O2. The van der Waals surface area contributed by atoms with Crippen LogP contribution in [0.1, 0.15) is 28.3 Å². The highest BCUT2D eigenvalue weighted by molar-refractivity contribution is 5.94. The Balaban J connectivity index is 1.54. The number of nitrogens with one attached hydrogen (secondary N) is 1. The topological polar surface area (TPSA) is 53.2 Å². The SMILES string of the molecule is O=C(c1ccc(-c2ccccc2)[nH]c1=O)N1CCC(c2ccccc2F)C1. The number of rotatable bonds is 3. The van der Waals surface area contributed by atoms with Gasteiger partial charge in [-0.15, -0.1) is 0 Å². The van der Waals surface area contributed by atoms with Gasteiger partial charge in [-0.1, -0.05) is 48.5 Å². The summed E-state index contributed by atoms with van der Waals surface area (Å²) in [6.07, 6.45) is 0.687. The fourth-order valence-electron chi connectivity index (χ4n) is 3.60. The van der Waals surface area contributed by atoms with Crippen molar-refractivity contribution in [3.63, 3.8) is 0 Å². The van der Waals surface area contributed by atoms with Crippen LogP contribution in [0.4, 0.5) is 4.39 Å². The lowest BCUT2D eigenvalue weighted by Gasteiger charge is -2.17. The van der Waals surface area contributed by atoms with Crippen LogP contribution < -0.4 is 5.56 Å². The van der Waals surface area contributed by atoms with Crippen LogP contribution in [0.25, 0.3) is 11.3 Å². The molecule has 1 aliphatic rings. The molecule has 1 atom stereocenters. The highest BCUT2D eigenvalue weighted by Crippen LogP contribution is 2.29. The number of likely N-dealkylation sites (tertiary alicyclic amines) is 1. The zero-order valence-electron chi connectivity index (χ0n) is 14.7. The molecule has 3 aromatic rings. The number of nitrogens with zero attached hydrogens (tertiary/aromatic N) is 1. The molecule has 4 rings (SSSR count). The van der Waals surface area contributed by atoms with Crippen molar-refractivity contribution in [2.24, 2.45) is 0 Å². The van der Waals surface area contributed by atoms with E-state index in [0.717, 1.165) is 5.56 Å². The van der Waals surface area contributed by atoms with Crippen molar-refractivity contribution in [2.45, 2.75) is 12.3 Å². The molecule has 27 heavy (non-hydrogen) atoms. The van der Waals surface area contributed by atoms with Crippen molar-refractivity contribution in [2.75, 3.05) is 13.1 Å². The number of carbonyl (C=O) groups is 1. The fraction of sp³-hybridized carbons (Fsp3) is 0.182. The number of halogens is 1. The lowest BCUT2D eigenvalue weighted by atomic mass is 9.98. The molecular weight excluding hydrogens is 343 g/mol. The quantitative estimate of drug-likeness (QED) is 0.770. The molecule has 5 heteroatoms. The Labute approximate surface area is 156 Å². The van der Waals surface area contributed by atoms with E-state index in [2.05, 4.69) is 4.98 Å². The fourth-order valence-corrected chi connectivity index (χ4v) is 3.60. The predicted molar refractivity (Wildman–Crippen MR) is 102 cm³/mol. The van der Waals surface area contributed by atoms with Gasteiger partial charge in [0.05, 0.1) is 0 Å². The second-order valence-electron chi connectivity index (χ2n) is 6.74. The minimum atomic E-state index is -0.407. The number of aromatic nitrogens is 1. The average molecular weight is 362 g/mol. The lowest BCUT2D eigenvalue weighted by molar-refractivity contribution is 0.0789. The molecule has 1 saturated heterocycles. The van der Waals surface area contributed by atoms with Gasteiger partial charge in [0.15, 0.2) is 0 Å². The Kier molecular flexibility index (Phi) is 4.59. The Morgan fingerprint density at radius 1 is 1.00 bits per heavy atom. The summed E-state index contributed by atoms with van der Waals surface area (Å²) in [4.78, 5) is 29.7. The van der Waals surface area contributed by atoms with Gasteiger partial charge in [-0.25, -0.2) is 4.39 Å². The second-order valence-corrected chi connectivity index (χ2v) is 6.74. The van der Waals surface area contributed by atoms with Gasteiger partial charge in [0.25, 0.3) is 11.5 Å². The number of hydrogen-bond acceptors (Lipinski definition) is 2. The summed E-state index contributed by atoms with van der Waals surface area (Å²) in [5.74, 6) is -0.602. The molecule has 0 radical (unpaired) electrons. The van der Waals surface area contributed by atoms with Gasteiger partial charge in [-0.05, 0) is 35.7 Å². The zero-order valence-corrected chi connectivity index (χ0v) is 14.7. The van der Waals surface area contributed by atoms with Crippen molar-refractivity contribution < 1.29 is 9.18 Å². The molecule has 1 amide bonds. The molecule has 2 heterocycles. The Morgan fingerprint density at radius 3 is 2.48 bits per heavy atom. The van der Waals surface area contributed by atoms with Crippen molar-refractivity contribution in [3.8, 4) is 11.3 Å². The molecule has 0 aliphatic carbocycles. The Morgan fingerprint density at radius 2 is 1.74 bits per heavy atom. The van der Waals surface area contributed by atoms with E-state index in [1.54, 1.807) is 35.2 Å². The summed E-state index contributed by atoms with van der Waals surface area (Å²) < 4.78 is 14.0. The third kappa shape index (κ3) is 3.40. The van der Waals surface area contributed by atoms with Gasteiger partial charge >= 0.3 is 0 Å². The first-order chi connectivity index (χ1) is 13.1. The van der Waals surface area contributed by atoms with E-state index in [4.69, 9.17) is 0 Å². The van der Waals surface area contributed by atoms with Crippen LogP contribution in [0.2, 0.25) is 0 Å². The number of hydrogen-bond donors (Lipinski definition) is 1. The molecule has 1 aliphatic heterocycles. The highest BCUT2D eigenvalue weighted by atomic mass is 19.1. The second kappa shape index (κ2) is 7.19. The number of pyridine rings is 1. The van der Waals surface area contributed by atoms with Gasteiger partial charge in [0.1, 0.15) is 11.4 Å². The Hall–Kier alpha value is -3.21. The lowest BCUT2D eigenvalue weighted by Crippen LogP contribution is -2.33. The molecule has 136 valence electrons. The Bertz CT molecular complexity index is 1030. The van der Waals surface area contributed by atoms with E-state index >= 15 is 0 Å². The molecule has 1 aromatic heterocycles. The molecule has 1 N–H and O–H groups in total. The first-order valence-corrected chi connectivity index (χ1v) is 8.96. The molecule has 2 aromatic carbocycles. The highest BCUT2D eigenvalue weighted by Gasteiger charge is 2.30. The summed E-state index contributed by atoms with van der Waals surface area (Å²) in [7, 11) is 0. The van der Waals surface area contributed by atoms with E-state index in [9.17, 15) is 14.0 Å². The number of carbonyl (C=O) groups excluding carboxylic acids is 1. The third-order valence-electron chi connectivity index (χ3n) is 5.05. The van der Waals surface area contributed by atoms with Crippen LogP contribution in [-0.4, -0.2) is 28.9 Å². The minimum Gasteiger partial charge on any atom is -0.338 e. The van der Waals surface area contributed by atoms with Crippen LogP contribution in [-0.2, 0) is 0 Å². The molecule has 4 nitrogen and oxygen atoms in total. The van der Waals surface area contributed by atoms with E-state index < -0.39 is 5.56 Å². The van der Waals surface area contributed by atoms with Crippen molar-refractivity contribution in [3.05, 3.63) is 94.0 Å². The number of benzene rings is 2. The monoisotopic (exact) mass is 362 g/mol. The van der Waals surface area contributed by atoms with Gasteiger partial charge in [-0.3, -0.25) is 9.59 Å². The molecule has 0 spiro atoms. The number of aromatic amines is 1. The molecule has 0 saturated carbocycles. The first kappa shape index (κ1) is 17.2. The van der Waals surface area contributed by atoms with Crippen molar-refractivity contribution >= 4 is 5.91 Å². The van der Waals surface area contributed by atoms with E-state index in [0.29, 0.717) is 30.8 Å². The summed E-state index contributed by atoms with van der Waals surface area (Å²) in [6, 6.07) is 19.4. The maximum Gasteiger partial charge on any atom is 0.261 e. The zero-order chi connectivity index (χ0) is 18.8. The molecule has 1 fully saturated rings. The van der Waals surface area contributed by atoms with Gasteiger partial charge < -0.3 is 9.88 Å². The minimum absolute atomic E-state index is 0.0437. The maximum absolute atomic E-state index is 14.0. The number of amides is 1. The van der Waals surface area contributed by atoms with Crippen molar-refractivity contribution in [1.82, 2.24) is 9.88 Å². The standard InChI is InChI=1S/C22H19FN2O2/c23-19-9-5-4-8-17(19)16-12-13-25(14-16)22(27)18-10-11-20(24-21(18)26)15-6-2-1-3-7-15/h1-11,16H,12-14H2,(H,24,26). The first-order valence-electron chi connectivity index (χ1n) is 8.96. The maximum atomic E-state index is 14.0. The third-order valence-corrected chi connectivity index (χ3v) is 5.05. The van der Waals surface area contributed by atoms with Crippen LogP contribution >= 0.6 is 0 Å². The van der Waals surface area contributed by atoms with Crippen LogP contribution in [0.5, 0.6) is 0 Å². The predicted octanol–water partition coefficient (Wildman–Crippen LogP) is 3.81. The van der Waals surface area contributed by atoms with Gasteiger partial charge in [0.2, 0.25) is 0 Å². The smallest absolute Gasteiger partial charge is 0.261 e. The molecule has 0 bridgehead atoms. The van der Waals surface area contributed by atoms with E-state index in [1.165, 1.54) is 6.07 Å². The van der Waals surface area contributed by atoms with Crippen LogP contribution in [0.15, 0.2) is 71.5 Å². The van der Waals surface area contributed by atoms with E-state index in [1.807, 2.05) is 30.3 Å².